The maximum atomic E-state index is 5.11. The van der Waals surface area contributed by atoms with E-state index in [2.05, 4.69) is 17.1 Å². The largest absolute Gasteiger partial charge is 0.383 e. The summed E-state index contributed by atoms with van der Waals surface area (Å²) in [5.41, 5.74) is 0. The second-order valence-electron chi connectivity index (χ2n) is 4.10. The van der Waals surface area contributed by atoms with Crippen LogP contribution < -0.4 is 5.32 Å². The van der Waals surface area contributed by atoms with Crippen LogP contribution in [0, 0.1) is 5.92 Å². The molecular formula is C11H24N2O. The third-order valence-corrected chi connectivity index (χ3v) is 2.97. The van der Waals surface area contributed by atoms with Crippen molar-refractivity contribution >= 4 is 0 Å². The van der Waals surface area contributed by atoms with E-state index >= 15 is 0 Å². The molecule has 0 radical (unpaired) electrons. The van der Waals surface area contributed by atoms with Gasteiger partial charge in [-0.1, -0.05) is 6.92 Å². The van der Waals surface area contributed by atoms with Gasteiger partial charge in [0.1, 0.15) is 0 Å². The standard InChI is InChI=1S/C11H24N2O/c1-3-13(7-8-14-2)10-11-5-4-6-12-9-11/h11-12H,3-10H2,1-2H3. The van der Waals surface area contributed by atoms with E-state index in [1.165, 1.54) is 32.5 Å². The normalized spacial score (nSPS) is 22.9. The van der Waals surface area contributed by atoms with Crippen LogP contribution in [0.15, 0.2) is 0 Å². The third kappa shape index (κ3) is 4.40. The Balaban J connectivity index is 2.16. The van der Waals surface area contributed by atoms with Crippen molar-refractivity contribution in [3.8, 4) is 0 Å². The number of rotatable bonds is 6. The number of nitrogens with one attached hydrogen (secondary N) is 1. The lowest BCUT2D eigenvalue weighted by Gasteiger charge is -2.29. The molecule has 0 bridgehead atoms. The van der Waals surface area contributed by atoms with Crippen molar-refractivity contribution in [3.63, 3.8) is 0 Å². The zero-order valence-corrected chi connectivity index (χ0v) is 9.59. The molecule has 1 saturated heterocycles. The summed E-state index contributed by atoms with van der Waals surface area (Å²) in [5, 5.41) is 3.46. The maximum absolute atomic E-state index is 5.11. The number of hydrogen-bond acceptors (Lipinski definition) is 3. The van der Waals surface area contributed by atoms with Crippen LogP contribution in [0.5, 0.6) is 0 Å². The SMILES string of the molecule is CCN(CCOC)CC1CCCNC1. The fraction of sp³-hybridized carbons (Fsp3) is 1.00. The predicted molar refractivity (Wildman–Crippen MR) is 59.6 cm³/mol. The average Bonchev–Trinajstić information content (AvgIpc) is 2.25. The van der Waals surface area contributed by atoms with Crippen molar-refractivity contribution in [1.82, 2.24) is 10.2 Å². The van der Waals surface area contributed by atoms with Crippen LogP contribution >= 0.6 is 0 Å². The first-order valence-corrected chi connectivity index (χ1v) is 5.78. The zero-order chi connectivity index (χ0) is 10.2. The summed E-state index contributed by atoms with van der Waals surface area (Å²) in [6, 6.07) is 0. The van der Waals surface area contributed by atoms with Gasteiger partial charge in [0.25, 0.3) is 0 Å². The second kappa shape index (κ2) is 7.21. The molecular weight excluding hydrogens is 176 g/mol. The van der Waals surface area contributed by atoms with Crippen molar-refractivity contribution < 1.29 is 4.74 Å². The summed E-state index contributed by atoms with van der Waals surface area (Å²) in [6.45, 7) is 8.93. The highest BCUT2D eigenvalue weighted by atomic mass is 16.5. The van der Waals surface area contributed by atoms with E-state index in [1.807, 2.05) is 0 Å². The summed E-state index contributed by atoms with van der Waals surface area (Å²) in [7, 11) is 1.77. The molecule has 1 fully saturated rings. The minimum atomic E-state index is 0.848. The molecule has 84 valence electrons. The Labute approximate surface area is 87.8 Å². The fourth-order valence-corrected chi connectivity index (χ4v) is 2.04. The minimum Gasteiger partial charge on any atom is -0.383 e. The minimum absolute atomic E-state index is 0.848. The van der Waals surface area contributed by atoms with Crippen molar-refractivity contribution in [2.24, 2.45) is 5.92 Å². The molecule has 0 amide bonds. The van der Waals surface area contributed by atoms with Gasteiger partial charge in [0.15, 0.2) is 0 Å². The van der Waals surface area contributed by atoms with Crippen molar-refractivity contribution in [2.75, 3.05) is 46.4 Å². The molecule has 1 heterocycles. The van der Waals surface area contributed by atoms with Crippen LogP contribution in [0.3, 0.4) is 0 Å². The molecule has 0 spiro atoms. The van der Waals surface area contributed by atoms with Gasteiger partial charge in [0.2, 0.25) is 0 Å². The summed E-state index contributed by atoms with van der Waals surface area (Å²) >= 11 is 0. The maximum Gasteiger partial charge on any atom is 0.0589 e. The molecule has 1 rings (SSSR count). The molecule has 1 atom stereocenters. The molecule has 14 heavy (non-hydrogen) atoms. The van der Waals surface area contributed by atoms with E-state index in [4.69, 9.17) is 4.74 Å². The lowest BCUT2D eigenvalue weighted by Crippen LogP contribution is -2.39. The lowest BCUT2D eigenvalue weighted by atomic mass is 9.99. The Hall–Kier alpha value is -0.120. The molecule has 1 N–H and O–H groups in total. The van der Waals surface area contributed by atoms with Crippen LogP contribution in [0.1, 0.15) is 19.8 Å². The third-order valence-electron chi connectivity index (χ3n) is 2.97. The van der Waals surface area contributed by atoms with Gasteiger partial charge in [0, 0.05) is 20.2 Å². The Kier molecular flexibility index (Phi) is 6.15. The number of nitrogens with zero attached hydrogens (tertiary/aromatic N) is 1. The summed E-state index contributed by atoms with van der Waals surface area (Å²) in [6.07, 6.45) is 2.73. The van der Waals surface area contributed by atoms with Gasteiger partial charge in [0.05, 0.1) is 6.61 Å². The topological polar surface area (TPSA) is 24.5 Å². The van der Waals surface area contributed by atoms with Crippen LogP contribution in [-0.4, -0.2) is 51.3 Å². The highest BCUT2D eigenvalue weighted by Gasteiger charge is 2.15. The van der Waals surface area contributed by atoms with Crippen molar-refractivity contribution in [1.29, 1.82) is 0 Å². The molecule has 0 aromatic heterocycles. The molecule has 3 heteroatoms. The molecule has 3 nitrogen and oxygen atoms in total. The molecule has 0 saturated carbocycles. The quantitative estimate of drug-likeness (QED) is 0.691. The molecule has 1 aliphatic heterocycles. The van der Waals surface area contributed by atoms with Gasteiger partial charge in [-0.05, 0) is 38.4 Å². The number of likely N-dealkylation sites (N-methyl/N-ethyl adjacent to an activating group) is 1. The lowest BCUT2D eigenvalue weighted by molar-refractivity contribution is 0.135. The van der Waals surface area contributed by atoms with Gasteiger partial charge in [-0.3, -0.25) is 0 Å². The van der Waals surface area contributed by atoms with Crippen LogP contribution in [-0.2, 0) is 4.74 Å². The summed E-state index contributed by atoms with van der Waals surface area (Å²) in [5.74, 6) is 0.848. The summed E-state index contributed by atoms with van der Waals surface area (Å²) < 4.78 is 5.11. The molecule has 1 unspecified atom stereocenters. The van der Waals surface area contributed by atoms with E-state index in [9.17, 15) is 0 Å². The highest BCUT2D eigenvalue weighted by Crippen LogP contribution is 2.11. The van der Waals surface area contributed by atoms with Crippen molar-refractivity contribution in [2.45, 2.75) is 19.8 Å². The van der Waals surface area contributed by atoms with Crippen LogP contribution in [0.2, 0.25) is 0 Å². The summed E-state index contributed by atoms with van der Waals surface area (Å²) in [4.78, 5) is 2.49. The molecule has 0 aromatic rings. The van der Waals surface area contributed by atoms with Crippen LogP contribution in [0.25, 0.3) is 0 Å². The Morgan fingerprint density at radius 2 is 2.36 bits per heavy atom. The average molecular weight is 200 g/mol. The van der Waals surface area contributed by atoms with E-state index in [1.54, 1.807) is 7.11 Å². The van der Waals surface area contributed by atoms with Gasteiger partial charge >= 0.3 is 0 Å². The second-order valence-corrected chi connectivity index (χ2v) is 4.10. The van der Waals surface area contributed by atoms with E-state index < -0.39 is 0 Å². The first-order chi connectivity index (χ1) is 6.86. The molecule has 0 aliphatic carbocycles. The first kappa shape index (κ1) is 12.0. The highest BCUT2D eigenvalue weighted by molar-refractivity contribution is 4.72. The van der Waals surface area contributed by atoms with Crippen molar-refractivity contribution in [3.05, 3.63) is 0 Å². The first-order valence-electron chi connectivity index (χ1n) is 5.78. The van der Waals surface area contributed by atoms with Gasteiger partial charge in [-0.15, -0.1) is 0 Å². The molecule has 1 aliphatic rings. The molecule has 0 aromatic carbocycles. The van der Waals surface area contributed by atoms with Gasteiger partial charge < -0.3 is 15.0 Å². The van der Waals surface area contributed by atoms with E-state index in [0.29, 0.717) is 0 Å². The van der Waals surface area contributed by atoms with E-state index in [0.717, 1.165) is 25.6 Å². The smallest absolute Gasteiger partial charge is 0.0589 e. The number of piperidine rings is 1. The zero-order valence-electron chi connectivity index (χ0n) is 9.59. The predicted octanol–water partition coefficient (Wildman–Crippen LogP) is 0.954. The Morgan fingerprint density at radius 3 is 2.93 bits per heavy atom. The Bertz CT molecular complexity index is 135. The van der Waals surface area contributed by atoms with Gasteiger partial charge in [-0.25, -0.2) is 0 Å². The number of hydrogen-bond donors (Lipinski definition) is 1. The number of methoxy groups -OCH3 is 1. The monoisotopic (exact) mass is 200 g/mol. The number of ether oxygens (including phenoxy) is 1. The fourth-order valence-electron chi connectivity index (χ4n) is 2.04. The van der Waals surface area contributed by atoms with Gasteiger partial charge in [-0.2, -0.15) is 0 Å². The van der Waals surface area contributed by atoms with Crippen LogP contribution in [0.4, 0.5) is 0 Å². The Morgan fingerprint density at radius 1 is 1.50 bits per heavy atom. The van der Waals surface area contributed by atoms with E-state index in [-0.39, 0.29) is 0 Å².